The van der Waals surface area contributed by atoms with Gasteiger partial charge in [-0.2, -0.15) is 0 Å². The molecule has 2 atom stereocenters. The van der Waals surface area contributed by atoms with Gasteiger partial charge >= 0.3 is 0 Å². The first-order valence-electron chi connectivity index (χ1n) is 5.64. The van der Waals surface area contributed by atoms with Crippen LogP contribution in [-0.2, 0) is 4.79 Å². The van der Waals surface area contributed by atoms with Crippen LogP contribution in [0.5, 0.6) is 0 Å². The van der Waals surface area contributed by atoms with Crippen LogP contribution in [0, 0.1) is 5.92 Å². The maximum atomic E-state index is 11.8. The molecule has 2 aliphatic rings. The van der Waals surface area contributed by atoms with E-state index < -0.39 is 0 Å². The van der Waals surface area contributed by atoms with Gasteiger partial charge in [-0.1, -0.05) is 6.92 Å². The van der Waals surface area contributed by atoms with Gasteiger partial charge in [-0.15, -0.1) is 0 Å². The van der Waals surface area contributed by atoms with Crippen LogP contribution in [0.4, 0.5) is 0 Å². The van der Waals surface area contributed by atoms with Crippen molar-refractivity contribution in [1.29, 1.82) is 0 Å². The lowest BCUT2D eigenvalue weighted by Crippen LogP contribution is -2.51. The molecule has 0 bridgehead atoms. The van der Waals surface area contributed by atoms with Gasteiger partial charge in [0, 0.05) is 5.54 Å². The van der Waals surface area contributed by atoms with Crippen molar-refractivity contribution in [2.45, 2.75) is 51.1 Å². The highest BCUT2D eigenvalue weighted by molar-refractivity contribution is 5.82. The van der Waals surface area contributed by atoms with Crippen LogP contribution in [0.2, 0.25) is 0 Å². The van der Waals surface area contributed by atoms with Crippen LogP contribution in [0.3, 0.4) is 0 Å². The van der Waals surface area contributed by atoms with Crippen LogP contribution in [0.15, 0.2) is 0 Å². The maximum Gasteiger partial charge on any atom is 0.237 e. The zero-order valence-corrected chi connectivity index (χ0v) is 9.10. The Bertz CT molecular complexity index is 235. The van der Waals surface area contributed by atoms with E-state index in [0.29, 0.717) is 5.92 Å². The SMILES string of the molecule is CC1CCNC(C(=O)NC2(C)CC2)C1. The number of amides is 1. The first-order chi connectivity index (χ1) is 6.59. The molecule has 80 valence electrons. The Kier molecular flexibility index (Phi) is 2.52. The Morgan fingerprint density at radius 1 is 1.50 bits per heavy atom. The fraction of sp³-hybridized carbons (Fsp3) is 0.909. The Balaban J connectivity index is 1.84. The number of hydrogen-bond donors (Lipinski definition) is 2. The van der Waals surface area contributed by atoms with E-state index in [-0.39, 0.29) is 17.5 Å². The minimum Gasteiger partial charge on any atom is -0.350 e. The fourth-order valence-corrected chi connectivity index (χ4v) is 2.00. The van der Waals surface area contributed by atoms with Crippen molar-refractivity contribution < 1.29 is 4.79 Å². The highest BCUT2D eigenvalue weighted by Crippen LogP contribution is 2.34. The van der Waals surface area contributed by atoms with Crippen LogP contribution >= 0.6 is 0 Å². The maximum absolute atomic E-state index is 11.8. The van der Waals surface area contributed by atoms with Crippen molar-refractivity contribution in [2.75, 3.05) is 6.54 Å². The van der Waals surface area contributed by atoms with E-state index in [0.717, 1.165) is 25.8 Å². The van der Waals surface area contributed by atoms with E-state index in [1.54, 1.807) is 0 Å². The summed E-state index contributed by atoms with van der Waals surface area (Å²) in [6, 6.07) is 0.0520. The van der Waals surface area contributed by atoms with E-state index in [2.05, 4.69) is 24.5 Å². The van der Waals surface area contributed by atoms with Gasteiger partial charge in [0.1, 0.15) is 0 Å². The molecule has 0 aromatic rings. The monoisotopic (exact) mass is 196 g/mol. The van der Waals surface area contributed by atoms with Crippen LogP contribution in [-0.4, -0.2) is 24.0 Å². The van der Waals surface area contributed by atoms with E-state index in [4.69, 9.17) is 0 Å². The van der Waals surface area contributed by atoms with E-state index in [1.165, 1.54) is 6.42 Å². The van der Waals surface area contributed by atoms with E-state index in [1.807, 2.05) is 0 Å². The molecule has 2 unspecified atom stereocenters. The molecule has 1 aliphatic heterocycles. The molecule has 0 aromatic carbocycles. The number of nitrogens with one attached hydrogen (secondary N) is 2. The first kappa shape index (κ1) is 9.97. The Morgan fingerprint density at radius 2 is 2.21 bits per heavy atom. The van der Waals surface area contributed by atoms with Gasteiger partial charge in [0.05, 0.1) is 6.04 Å². The number of carbonyl (C=O) groups excluding carboxylic acids is 1. The Hall–Kier alpha value is -0.570. The van der Waals surface area contributed by atoms with Gasteiger partial charge in [0.2, 0.25) is 5.91 Å². The van der Waals surface area contributed by atoms with Gasteiger partial charge in [-0.05, 0) is 45.1 Å². The first-order valence-corrected chi connectivity index (χ1v) is 5.64. The summed E-state index contributed by atoms with van der Waals surface area (Å²) in [7, 11) is 0. The molecule has 1 heterocycles. The van der Waals surface area contributed by atoms with Crippen LogP contribution < -0.4 is 10.6 Å². The summed E-state index contributed by atoms with van der Waals surface area (Å²) < 4.78 is 0. The second kappa shape index (κ2) is 3.54. The molecule has 1 amide bonds. The number of hydrogen-bond acceptors (Lipinski definition) is 2. The van der Waals surface area contributed by atoms with Gasteiger partial charge in [-0.25, -0.2) is 0 Å². The van der Waals surface area contributed by atoms with Gasteiger partial charge in [0.15, 0.2) is 0 Å². The van der Waals surface area contributed by atoms with Crippen LogP contribution in [0.1, 0.15) is 39.5 Å². The lowest BCUT2D eigenvalue weighted by molar-refractivity contribution is -0.124. The third kappa shape index (κ3) is 2.27. The molecule has 3 nitrogen and oxygen atoms in total. The predicted octanol–water partition coefficient (Wildman–Crippen LogP) is 1.04. The smallest absolute Gasteiger partial charge is 0.237 e. The van der Waals surface area contributed by atoms with E-state index >= 15 is 0 Å². The molecule has 1 saturated heterocycles. The minimum atomic E-state index is 0.0520. The molecule has 2 rings (SSSR count). The van der Waals surface area contributed by atoms with Crippen molar-refractivity contribution >= 4 is 5.91 Å². The second-order valence-corrected chi connectivity index (χ2v) is 5.19. The zero-order valence-electron chi connectivity index (χ0n) is 9.10. The Morgan fingerprint density at radius 3 is 2.79 bits per heavy atom. The molecule has 0 radical (unpaired) electrons. The lowest BCUT2D eigenvalue weighted by Gasteiger charge is -2.28. The molecule has 14 heavy (non-hydrogen) atoms. The summed E-state index contributed by atoms with van der Waals surface area (Å²) in [6.45, 7) is 5.33. The normalized spacial score (nSPS) is 35.0. The highest BCUT2D eigenvalue weighted by Gasteiger charge is 2.40. The number of carbonyl (C=O) groups is 1. The Labute approximate surface area is 85.6 Å². The largest absolute Gasteiger partial charge is 0.350 e. The molecular formula is C11H20N2O. The average molecular weight is 196 g/mol. The summed E-state index contributed by atoms with van der Waals surface area (Å²) in [5, 5.41) is 6.41. The quantitative estimate of drug-likeness (QED) is 0.693. The third-order valence-electron chi connectivity index (χ3n) is 3.41. The molecule has 1 aliphatic carbocycles. The van der Waals surface area contributed by atoms with Gasteiger partial charge < -0.3 is 10.6 Å². The zero-order chi connectivity index (χ0) is 10.2. The molecule has 2 N–H and O–H groups in total. The molecule has 1 saturated carbocycles. The standard InChI is InChI=1S/C11H20N2O/c1-8-3-6-12-9(7-8)10(14)13-11(2)4-5-11/h8-9,12H,3-7H2,1-2H3,(H,13,14). The predicted molar refractivity (Wildman–Crippen MR) is 56.0 cm³/mol. The molecule has 0 aromatic heterocycles. The molecule has 3 heteroatoms. The summed E-state index contributed by atoms with van der Waals surface area (Å²) in [5.41, 5.74) is 0.124. The summed E-state index contributed by atoms with van der Waals surface area (Å²) in [6.07, 6.45) is 4.46. The summed E-state index contributed by atoms with van der Waals surface area (Å²) in [5.74, 6) is 0.885. The fourth-order valence-electron chi connectivity index (χ4n) is 2.00. The average Bonchev–Trinajstić information content (AvgIpc) is 2.83. The van der Waals surface area contributed by atoms with Crippen LogP contribution in [0.25, 0.3) is 0 Å². The number of rotatable bonds is 2. The van der Waals surface area contributed by atoms with E-state index in [9.17, 15) is 4.79 Å². The van der Waals surface area contributed by atoms with Crippen molar-refractivity contribution in [3.63, 3.8) is 0 Å². The topological polar surface area (TPSA) is 41.1 Å². The van der Waals surface area contributed by atoms with Crippen molar-refractivity contribution in [2.24, 2.45) is 5.92 Å². The molecule has 2 fully saturated rings. The highest BCUT2D eigenvalue weighted by atomic mass is 16.2. The van der Waals surface area contributed by atoms with Crippen molar-refractivity contribution in [1.82, 2.24) is 10.6 Å². The molecule has 0 spiro atoms. The number of piperidine rings is 1. The van der Waals surface area contributed by atoms with Crippen molar-refractivity contribution in [3.05, 3.63) is 0 Å². The van der Waals surface area contributed by atoms with Gasteiger partial charge in [-0.3, -0.25) is 4.79 Å². The summed E-state index contributed by atoms with van der Waals surface area (Å²) >= 11 is 0. The third-order valence-corrected chi connectivity index (χ3v) is 3.41. The lowest BCUT2D eigenvalue weighted by atomic mass is 9.94. The minimum absolute atomic E-state index is 0.0520. The van der Waals surface area contributed by atoms with Crippen molar-refractivity contribution in [3.8, 4) is 0 Å². The second-order valence-electron chi connectivity index (χ2n) is 5.19. The summed E-state index contributed by atoms with van der Waals surface area (Å²) in [4.78, 5) is 11.8. The van der Waals surface area contributed by atoms with Gasteiger partial charge in [0.25, 0.3) is 0 Å². The molecular weight excluding hydrogens is 176 g/mol.